The highest BCUT2D eigenvalue weighted by Crippen LogP contribution is 2.36. The van der Waals surface area contributed by atoms with Crippen LogP contribution in [0.25, 0.3) is 0 Å². The van der Waals surface area contributed by atoms with Crippen LogP contribution in [0.3, 0.4) is 0 Å². The van der Waals surface area contributed by atoms with Gasteiger partial charge in [-0.1, -0.05) is 44.5 Å². The van der Waals surface area contributed by atoms with E-state index in [1.54, 1.807) is 0 Å². The first-order chi connectivity index (χ1) is 9.19. The molecule has 1 saturated heterocycles. The molecule has 0 aliphatic carbocycles. The maximum Gasteiger partial charge on any atom is 0.150 e. The molecule has 0 unspecified atom stereocenters. The summed E-state index contributed by atoms with van der Waals surface area (Å²) in [6, 6.07) is 5.80. The predicted molar refractivity (Wildman–Crippen MR) is 82.4 cm³/mol. The van der Waals surface area contributed by atoms with E-state index in [1.165, 1.54) is 0 Å². The molecule has 1 fully saturated rings. The zero-order valence-electron chi connectivity index (χ0n) is 12.1. The molecule has 0 bridgehead atoms. The molecule has 2 rings (SSSR count). The average molecular weight is 317 g/mol. The van der Waals surface area contributed by atoms with E-state index in [0.29, 0.717) is 28.9 Å². The van der Waals surface area contributed by atoms with Crippen LogP contribution < -0.4 is 4.74 Å². The molecule has 0 aromatic heterocycles. The summed E-state index contributed by atoms with van der Waals surface area (Å²) in [5, 5.41) is 0.654. The van der Waals surface area contributed by atoms with Gasteiger partial charge in [0, 0.05) is 0 Å². The molecule has 0 atom stereocenters. The molecule has 0 saturated carbocycles. The molecule has 0 radical (unpaired) electrons. The second-order valence-electron chi connectivity index (χ2n) is 6.45. The van der Waals surface area contributed by atoms with Gasteiger partial charge in [-0.3, -0.25) is 0 Å². The van der Waals surface area contributed by atoms with Crippen molar-refractivity contribution in [1.29, 1.82) is 0 Å². The van der Waals surface area contributed by atoms with Crippen LogP contribution in [0.1, 0.15) is 32.8 Å². The fourth-order valence-electron chi connectivity index (χ4n) is 2.37. The third kappa shape index (κ3) is 3.67. The lowest BCUT2D eigenvalue weighted by Crippen LogP contribution is -2.37. The lowest BCUT2D eigenvalue weighted by Gasteiger charge is -2.26. The SMILES string of the molecule is CC(C)(C)c1cccc(OCCC2CS(=O)(=O)C2)c1Cl. The van der Waals surface area contributed by atoms with Gasteiger partial charge in [0.2, 0.25) is 0 Å². The number of rotatable bonds is 4. The van der Waals surface area contributed by atoms with Gasteiger partial charge in [-0.25, -0.2) is 8.42 Å². The summed E-state index contributed by atoms with van der Waals surface area (Å²) in [5.74, 6) is 1.52. The molecule has 0 amide bonds. The second-order valence-corrected chi connectivity index (χ2v) is 8.98. The van der Waals surface area contributed by atoms with E-state index in [-0.39, 0.29) is 11.3 Å². The van der Waals surface area contributed by atoms with Crippen LogP contribution in [0.15, 0.2) is 18.2 Å². The molecule has 0 N–H and O–H groups in total. The summed E-state index contributed by atoms with van der Waals surface area (Å²) in [4.78, 5) is 0. The summed E-state index contributed by atoms with van der Waals surface area (Å²) < 4.78 is 27.9. The van der Waals surface area contributed by atoms with Crippen molar-refractivity contribution in [2.75, 3.05) is 18.1 Å². The Hall–Kier alpha value is -0.740. The smallest absolute Gasteiger partial charge is 0.150 e. The normalized spacial score (nSPS) is 18.6. The summed E-state index contributed by atoms with van der Waals surface area (Å²) in [6.07, 6.45) is 0.759. The van der Waals surface area contributed by atoms with Crippen molar-refractivity contribution in [3.8, 4) is 5.75 Å². The van der Waals surface area contributed by atoms with Gasteiger partial charge >= 0.3 is 0 Å². The van der Waals surface area contributed by atoms with E-state index < -0.39 is 9.84 Å². The van der Waals surface area contributed by atoms with Crippen LogP contribution in [-0.4, -0.2) is 26.5 Å². The van der Waals surface area contributed by atoms with Crippen molar-refractivity contribution >= 4 is 21.4 Å². The van der Waals surface area contributed by atoms with Crippen molar-refractivity contribution in [3.05, 3.63) is 28.8 Å². The van der Waals surface area contributed by atoms with Crippen LogP contribution in [0.5, 0.6) is 5.75 Å². The van der Waals surface area contributed by atoms with E-state index in [9.17, 15) is 8.42 Å². The van der Waals surface area contributed by atoms with Crippen LogP contribution in [-0.2, 0) is 15.3 Å². The molecule has 20 heavy (non-hydrogen) atoms. The number of hydrogen-bond acceptors (Lipinski definition) is 3. The van der Waals surface area contributed by atoms with Crippen molar-refractivity contribution in [2.45, 2.75) is 32.6 Å². The predicted octanol–water partition coefficient (Wildman–Crippen LogP) is 3.45. The highest BCUT2D eigenvalue weighted by atomic mass is 35.5. The summed E-state index contributed by atoms with van der Waals surface area (Å²) in [6.45, 7) is 6.83. The lowest BCUT2D eigenvalue weighted by molar-refractivity contribution is 0.285. The maximum absolute atomic E-state index is 11.1. The van der Waals surface area contributed by atoms with Crippen LogP contribution in [0.4, 0.5) is 0 Å². The molecular formula is C15H21ClO3S. The molecular weight excluding hydrogens is 296 g/mol. The van der Waals surface area contributed by atoms with Crippen LogP contribution in [0.2, 0.25) is 5.02 Å². The van der Waals surface area contributed by atoms with Gasteiger partial charge in [-0.05, 0) is 29.4 Å². The summed E-state index contributed by atoms with van der Waals surface area (Å²) >= 11 is 6.38. The van der Waals surface area contributed by atoms with Gasteiger partial charge in [0.15, 0.2) is 9.84 Å². The minimum absolute atomic E-state index is 0.0293. The van der Waals surface area contributed by atoms with Gasteiger partial charge in [-0.2, -0.15) is 0 Å². The first-order valence-corrected chi connectivity index (χ1v) is 9.01. The van der Waals surface area contributed by atoms with E-state index in [4.69, 9.17) is 16.3 Å². The van der Waals surface area contributed by atoms with Gasteiger partial charge in [-0.15, -0.1) is 0 Å². The van der Waals surface area contributed by atoms with E-state index in [2.05, 4.69) is 20.8 Å². The topological polar surface area (TPSA) is 43.4 Å². The molecule has 1 aromatic rings. The molecule has 112 valence electrons. The highest BCUT2D eigenvalue weighted by molar-refractivity contribution is 7.92. The highest BCUT2D eigenvalue weighted by Gasteiger charge is 2.32. The maximum atomic E-state index is 11.1. The Bertz CT molecular complexity index is 576. The van der Waals surface area contributed by atoms with Crippen LogP contribution >= 0.6 is 11.6 Å². The lowest BCUT2D eigenvalue weighted by atomic mass is 9.87. The fraction of sp³-hybridized carbons (Fsp3) is 0.600. The average Bonchev–Trinajstić information content (AvgIpc) is 2.27. The minimum atomic E-state index is -2.74. The Kier molecular flexibility index (Phi) is 4.35. The zero-order chi connectivity index (χ0) is 15.0. The van der Waals surface area contributed by atoms with Crippen molar-refractivity contribution in [1.82, 2.24) is 0 Å². The Morgan fingerprint density at radius 3 is 2.50 bits per heavy atom. The standard InChI is InChI=1S/C15H21ClO3S/c1-15(2,3)12-5-4-6-13(14(12)16)19-8-7-11-9-20(17,18)10-11/h4-6,11H,7-10H2,1-3H3. The Balaban J connectivity index is 1.94. The molecule has 1 heterocycles. The zero-order valence-corrected chi connectivity index (χ0v) is 13.7. The molecule has 3 nitrogen and oxygen atoms in total. The number of benzene rings is 1. The second kappa shape index (κ2) is 5.57. The van der Waals surface area contributed by atoms with Gasteiger partial charge in [0.25, 0.3) is 0 Å². The quantitative estimate of drug-likeness (QED) is 0.854. The molecule has 5 heteroatoms. The van der Waals surface area contributed by atoms with Crippen LogP contribution in [0, 0.1) is 5.92 Å². The van der Waals surface area contributed by atoms with E-state index in [1.807, 2.05) is 18.2 Å². The van der Waals surface area contributed by atoms with Crippen molar-refractivity contribution in [3.63, 3.8) is 0 Å². The first-order valence-electron chi connectivity index (χ1n) is 6.81. The van der Waals surface area contributed by atoms with Gasteiger partial charge in [0.1, 0.15) is 5.75 Å². The third-order valence-electron chi connectivity index (χ3n) is 3.53. The van der Waals surface area contributed by atoms with Gasteiger partial charge in [0.05, 0.1) is 23.1 Å². The monoisotopic (exact) mass is 316 g/mol. The molecule has 1 aliphatic rings. The fourth-order valence-corrected chi connectivity index (χ4v) is 4.51. The van der Waals surface area contributed by atoms with E-state index >= 15 is 0 Å². The Morgan fingerprint density at radius 2 is 1.95 bits per heavy atom. The number of sulfone groups is 1. The summed E-state index contributed by atoms with van der Waals surface area (Å²) in [7, 11) is -2.74. The van der Waals surface area contributed by atoms with Gasteiger partial charge < -0.3 is 4.74 Å². The summed E-state index contributed by atoms with van der Waals surface area (Å²) in [5.41, 5.74) is 1.03. The molecule has 0 spiro atoms. The van der Waals surface area contributed by atoms with E-state index in [0.717, 1.165) is 12.0 Å². The number of hydrogen-bond donors (Lipinski definition) is 0. The van der Waals surface area contributed by atoms with Crippen molar-refractivity contribution in [2.24, 2.45) is 5.92 Å². The van der Waals surface area contributed by atoms with Crippen molar-refractivity contribution < 1.29 is 13.2 Å². The largest absolute Gasteiger partial charge is 0.492 e. The number of halogens is 1. The Labute approximate surface area is 126 Å². The first kappa shape index (κ1) is 15.6. The third-order valence-corrected chi connectivity index (χ3v) is 5.88. The number of ether oxygens (including phenoxy) is 1. The molecule has 1 aromatic carbocycles. The Morgan fingerprint density at radius 1 is 1.30 bits per heavy atom. The minimum Gasteiger partial charge on any atom is -0.492 e. The molecule has 1 aliphatic heterocycles.